The summed E-state index contributed by atoms with van der Waals surface area (Å²) in [6.45, 7) is 6.92. The number of carbonyl (C=O) groups excluding carboxylic acids is 1. The van der Waals surface area contributed by atoms with Gasteiger partial charge in [-0.1, -0.05) is 61.0 Å². The molecule has 3 nitrogen and oxygen atoms in total. The predicted octanol–water partition coefficient (Wildman–Crippen LogP) is 5.15. The van der Waals surface area contributed by atoms with Crippen molar-refractivity contribution in [3.8, 4) is 11.5 Å². The molecule has 0 bridgehead atoms. The molecule has 0 atom stereocenters. The highest BCUT2D eigenvalue weighted by Gasteiger charge is 2.14. The Kier molecular flexibility index (Phi) is 5.47. The zero-order valence-corrected chi connectivity index (χ0v) is 15.4. The third kappa shape index (κ3) is 4.35. The summed E-state index contributed by atoms with van der Waals surface area (Å²) in [7, 11) is 1.56. The van der Waals surface area contributed by atoms with Crippen molar-refractivity contribution in [2.24, 2.45) is 0 Å². The first-order chi connectivity index (χ1) is 10.8. The van der Waals surface area contributed by atoms with Gasteiger partial charge in [-0.2, -0.15) is 0 Å². The highest BCUT2D eigenvalue weighted by molar-refractivity contribution is 9.10. The molecule has 0 aromatic heterocycles. The Morgan fingerprint density at radius 3 is 2.30 bits per heavy atom. The molecule has 2 rings (SSSR count). The van der Waals surface area contributed by atoms with E-state index < -0.39 is 0 Å². The van der Waals surface area contributed by atoms with E-state index in [4.69, 9.17) is 9.47 Å². The van der Waals surface area contributed by atoms with Crippen molar-refractivity contribution in [1.82, 2.24) is 0 Å². The summed E-state index contributed by atoms with van der Waals surface area (Å²) in [5, 5.41) is 0. The zero-order chi connectivity index (χ0) is 17.0. The third-order valence-corrected chi connectivity index (χ3v) is 4.06. The van der Waals surface area contributed by atoms with Crippen LogP contribution in [-0.2, 0) is 12.0 Å². The van der Waals surface area contributed by atoms with Crippen molar-refractivity contribution in [2.45, 2.75) is 32.8 Å². The number of carbonyl (C=O) groups is 1. The fourth-order valence-corrected chi connectivity index (χ4v) is 2.69. The molecule has 0 spiro atoms. The van der Waals surface area contributed by atoms with Crippen molar-refractivity contribution >= 4 is 22.2 Å². The van der Waals surface area contributed by atoms with E-state index in [1.54, 1.807) is 19.2 Å². The Balaban J connectivity index is 2.19. The average molecular weight is 377 g/mol. The molecule has 2 aromatic carbocycles. The lowest BCUT2D eigenvalue weighted by molar-refractivity contribution is 0.111. The second-order valence-electron chi connectivity index (χ2n) is 6.38. The summed E-state index contributed by atoms with van der Waals surface area (Å²) in [5.41, 5.74) is 2.90. The lowest BCUT2D eigenvalue weighted by Crippen LogP contribution is -2.11. The molecular weight excluding hydrogens is 356 g/mol. The Morgan fingerprint density at radius 1 is 1.13 bits per heavy atom. The highest BCUT2D eigenvalue weighted by atomic mass is 79.9. The zero-order valence-electron chi connectivity index (χ0n) is 13.9. The van der Waals surface area contributed by atoms with E-state index >= 15 is 0 Å². The number of halogens is 1. The Morgan fingerprint density at radius 2 is 1.78 bits per heavy atom. The Hall–Kier alpha value is -1.81. The Labute approximate surface area is 145 Å². The first-order valence-electron chi connectivity index (χ1n) is 7.40. The molecule has 0 unspecified atom stereocenters. The second kappa shape index (κ2) is 7.18. The molecule has 122 valence electrons. The maximum absolute atomic E-state index is 11.3. The van der Waals surface area contributed by atoms with Crippen molar-refractivity contribution < 1.29 is 14.3 Å². The molecule has 0 heterocycles. The van der Waals surface area contributed by atoms with Crippen LogP contribution < -0.4 is 9.47 Å². The molecule has 2 aromatic rings. The van der Waals surface area contributed by atoms with Gasteiger partial charge in [0.05, 0.1) is 12.7 Å². The van der Waals surface area contributed by atoms with Gasteiger partial charge in [0.1, 0.15) is 6.61 Å². The van der Waals surface area contributed by atoms with Gasteiger partial charge in [-0.25, -0.2) is 0 Å². The van der Waals surface area contributed by atoms with E-state index in [0.29, 0.717) is 23.7 Å². The number of aldehydes is 1. The van der Waals surface area contributed by atoms with Crippen LogP contribution in [0.5, 0.6) is 11.5 Å². The first kappa shape index (κ1) is 17.5. The highest BCUT2D eigenvalue weighted by Crippen LogP contribution is 2.34. The van der Waals surface area contributed by atoms with Gasteiger partial charge in [-0.05, 0) is 28.7 Å². The SMILES string of the molecule is COc1cc(Br)cc(C=O)c1OCc1ccc(C(C)(C)C)cc1. The fourth-order valence-electron chi connectivity index (χ4n) is 2.24. The van der Waals surface area contributed by atoms with E-state index in [9.17, 15) is 4.79 Å². The van der Waals surface area contributed by atoms with Crippen LogP contribution in [0.2, 0.25) is 0 Å². The van der Waals surface area contributed by atoms with Crippen LogP contribution in [0.3, 0.4) is 0 Å². The van der Waals surface area contributed by atoms with E-state index in [2.05, 4.69) is 48.8 Å². The molecule has 0 N–H and O–H groups in total. The molecule has 0 saturated heterocycles. The average Bonchev–Trinajstić information content (AvgIpc) is 2.52. The molecule has 0 aliphatic carbocycles. The van der Waals surface area contributed by atoms with Gasteiger partial charge in [0.25, 0.3) is 0 Å². The summed E-state index contributed by atoms with van der Waals surface area (Å²) in [4.78, 5) is 11.3. The minimum absolute atomic E-state index is 0.124. The summed E-state index contributed by atoms with van der Waals surface area (Å²) in [5.74, 6) is 0.999. The molecule has 0 saturated carbocycles. The van der Waals surface area contributed by atoms with Crippen LogP contribution in [0.1, 0.15) is 42.3 Å². The minimum atomic E-state index is 0.124. The molecule has 0 radical (unpaired) electrons. The van der Waals surface area contributed by atoms with Gasteiger partial charge in [0, 0.05) is 4.47 Å². The Bertz CT molecular complexity index is 685. The maximum Gasteiger partial charge on any atom is 0.172 e. The summed E-state index contributed by atoms with van der Waals surface area (Å²) < 4.78 is 11.9. The molecule has 0 aliphatic heterocycles. The fraction of sp³-hybridized carbons (Fsp3) is 0.316. The van der Waals surface area contributed by atoms with Crippen LogP contribution in [0, 0.1) is 0 Å². The van der Waals surface area contributed by atoms with Crippen molar-refractivity contribution in [1.29, 1.82) is 0 Å². The van der Waals surface area contributed by atoms with Crippen molar-refractivity contribution in [3.63, 3.8) is 0 Å². The summed E-state index contributed by atoms with van der Waals surface area (Å²) >= 11 is 3.36. The number of ether oxygens (including phenoxy) is 2. The van der Waals surface area contributed by atoms with E-state index in [0.717, 1.165) is 16.3 Å². The monoisotopic (exact) mass is 376 g/mol. The molecule has 0 fully saturated rings. The number of hydrogen-bond acceptors (Lipinski definition) is 3. The number of benzene rings is 2. The van der Waals surface area contributed by atoms with Gasteiger partial charge in [-0.15, -0.1) is 0 Å². The predicted molar refractivity (Wildman–Crippen MR) is 95.6 cm³/mol. The number of methoxy groups -OCH3 is 1. The van der Waals surface area contributed by atoms with Crippen LogP contribution in [-0.4, -0.2) is 13.4 Å². The topological polar surface area (TPSA) is 35.5 Å². The molecule has 4 heteroatoms. The van der Waals surface area contributed by atoms with E-state index in [-0.39, 0.29) is 5.41 Å². The lowest BCUT2D eigenvalue weighted by atomic mass is 9.87. The van der Waals surface area contributed by atoms with Gasteiger partial charge in [-0.3, -0.25) is 4.79 Å². The van der Waals surface area contributed by atoms with Crippen LogP contribution in [0.4, 0.5) is 0 Å². The van der Waals surface area contributed by atoms with Gasteiger partial charge in [0.2, 0.25) is 0 Å². The number of rotatable bonds is 5. The van der Waals surface area contributed by atoms with E-state index in [1.807, 2.05) is 12.1 Å². The maximum atomic E-state index is 11.3. The molecular formula is C19H21BrO3. The third-order valence-electron chi connectivity index (χ3n) is 3.60. The van der Waals surface area contributed by atoms with Crippen LogP contribution in [0.25, 0.3) is 0 Å². The van der Waals surface area contributed by atoms with Crippen LogP contribution in [0.15, 0.2) is 40.9 Å². The van der Waals surface area contributed by atoms with Crippen LogP contribution >= 0.6 is 15.9 Å². The normalized spacial score (nSPS) is 11.2. The lowest BCUT2D eigenvalue weighted by Gasteiger charge is -2.19. The molecule has 0 aliphatic rings. The van der Waals surface area contributed by atoms with Gasteiger partial charge in [0.15, 0.2) is 17.8 Å². The smallest absolute Gasteiger partial charge is 0.172 e. The van der Waals surface area contributed by atoms with Gasteiger partial charge < -0.3 is 9.47 Å². The van der Waals surface area contributed by atoms with Crippen molar-refractivity contribution in [3.05, 3.63) is 57.6 Å². The quantitative estimate of drug-likeness (QED) is 0.677. The molecule has 0 amide bonds. The standard InChI is InChI=1S/C19H21BrO3/c1-19(2,3)15-7-5-13(6-8-15)12-23-18-14(11-21)9-16(20)10-17(18)22-4/h5-11H,12H2,1-4H3. The largest absolute Gasteiger partial charge is 0.493 e. The second-order valence-corrected chi connectivity index (χ2v) is 7.30. The molecule has 23 heavy (non-hydrogen) atoms. The van der Waals surface area contributed by atoms with Crippen molar-refractivity contribution in [2.75, 3.05) is 7.11 Å². The summed E-state index contributed by atoms with van der Waals surface area (Å²) in [6, 6.07) is 11.8. The van der Waals surface area contributed by atoms with Gasteiger partial charge >= 0.3 is 0 Å². The van der Waals surface area contributed by atoms with E-state index in [1.165, 1.54) is 5.56 Å². The summed E-state index contributed by atoms with van der Waals surface area (Å²) in [6.07, 6.45) is 0.769. The first-order valence-corrected chi connectivity index (χ1v) is 8.19. The minimum Gasteiger partial charge on any atom is -0.493 e. The number of hydrogen-bond donors (Lipinski definition) is 0.